The van der Waals surface area contributed by atoms with Crippen LogP contribution < -0.4 is 10.6 Å². The van der Waals surface area contributed by atoms with Crippen molar-refractivity contribution in [1.82, 2.24) is 10.3 Å². The molecule has 0 fully saturated rings. The van der Waals surface area contributed by atoms with E-state index in [9.17, 15) is 4.79 Å². The Morgan fingerprint density at radius 2 is 2.27 bits per heavy atom. The SMILES string of the molecule is Cc1cnc(-c2cccc(NC(=O)NCC(C)CCO)c2)o1. The first-order valence-corrected chi connectivity index (χ1v) is 7.27. The number of urea groups is 1. The van der Waals surface area contributed by atoms with Crippen LogP contribution >= 0.6 is 0 Å². The number of oxazole rings is 1. The zero-order valence-corrected chi connectivity index (χ0v) is 12.8. The Bertz CT molecular complexity index is 625. The Morgan fingerprint density at radius 3 is 2.95 bits per heavy atom. The molecule has 0 saturated carbocycles. The van der Waals surface area contributed by atoms with Gasteiger partial charge in [-0.15, -0.1) is 0 Å². The molecule has 2 amide bonds. The van der Waals surface area contributed by atoms with E-state index in [4.69, 9.17) is 9.52 Å². The number of hydrogen-bond acceptors (Lipinski definition) is 4. The van der Waals surface area contributed by atoms with Crippen molar-refractivity contribution in [3.63, 3.8) is 0 Å². The number of hydrogen-bond donors (Lipinski definition) is 3. The number of carbonyl (C=O) groups is 1. The molecule has 0 bridgehead atoms. The van der Waals surface area contributed by atoms with Gasteiger partial charge in [0.2, 0.25) is 5.89 Å². The molecule has 1 aromatic heterocycles. The molecule has 0 spiro atoms. The van der Waals surface area contributed by atoms with E-state index in [0.717, 1.165) is 11.3 Å². The highest BCUT2D eigenvalue weighted by Crippen LogP contribution is 2.22. The van der Waals surface area contributed by atoms with Gasteiger partial charge in [-0.05, 0) is 37.5 Å². The predicted octanol–water partition coefficient (Wildman–Crippen LogP) is 2.79. The first-order valence-electron chi connectivity index (χ1n) is 7.27. The first-order chi connectivity index (χ1) is 10.6. The van der Waals surface area contributed by atoms with Crippen LogP contribution in [-0.2, 0) is 0 Å². The number of nitrogens with one attached hydrogen (secondary N) is 2. The summed E-state index contributed by atoms with van der Waals surface area (Å²) in [5, 5.41) is 14.4. The van der Waals surface area contributed by atoms with Gasteiger partial charge >= 0.3 is 6.03 Å². The third-order valence-electron chi connectivity index (χ3n) is 3.22. The summed E-state index contributed by atoms with van der Waals surface area (Å²) in [6, 6.07) is 7.04. The minimum absolute atomic E-state index is 0.127. The largest absolute Gasteiger partial charge is 0.441 e. The van der Waals surface area contributed by atoms with Crippen molar-refractivity contribution >= 4 is 11.7 Å². The third-order valence-corrected chi connectivity index (χ3v) is 3.22. The fourth-order valence-corrected chi connectivity index (χ4v) is 1.98. The van der Waals surface area contributed by atoms with Gasteiger partial charge in [0.15, 0.2) is 0 Å². The number of aromatic nitrogens is 1. The smallest absolute Gasteiger partial charge is 0.319 e. The maximum Gasteiger partial charge on any atom is 0.319 e. The molecule has 0 aliphatic rings. The molecule has 22 heavy (non-hydrogen) atoms. The zero-order chi connectivity index (χ0) is 15.9. The lowest BCUT2D eigenvalue weighted by molar-refractivity contribution is 0.243. The number of aliphatic hydroxyl groups is 1. The van der Waals surface area contributed by atoms with Gasteiger partial charge in [0, 0.05) is 24.4 Å². The van der Waals surface area contributed by atoms with Crippen LogP contribution in [0.25, 0.3) is 11.5 Å². The molecule has 2 aromatic rings. The lowest BCUT2D eigenvalue weighted by Gasteiger charge is -2.12. The van der Waals surface area contributed by atoms with Crippen molar-refractivity contribution in [2.24, 2.45) is 5.92 Å². The van der Waals surface area contributed by atoms with Crippen LogP contribution in [0.4, 0.5) is 10.5 Å². The summed E-state index contributed by atoms with van der Waals surface area (Å²) < 4.78 is 5.47. The van der Waals surface area contributed by atoms with E-state index < -0.39 is 0 Å². The van der Waals surface area contributed by atoms with Gasteiger partial charge in [0.05, 0.1) is 6.20 Å². The van der Waals surface area contributed by atoms with Crippen LogP contribution in [0.15, 0.2) is 34.9 Å². The molecule has 0 aliphatic carbocycles. The van der Waals surface area contributed by atoms with Crippen molar-refractivity contribution in [2.75, 3.05) is 18.5 Å². The van der Waals surface area contributed by atoms with E-state index in [1.807, 2.05) is 32.0 Å². The maximum absolute atomic E-state index is 11.8. The monoisotopic (exact) mass is 303 g/mol. The Balaban J connectivity index is 1.94. The molecule has 1 unspecified atom stereocenters. The molecule has 0 radical (unpaired) electrons. The molecule has 118 valence electrons. The van der Waals surface area contributed by atoms with E-state index in [2.05, 4.69) is 15.6 Å². The Labute approximate surface area is 129 Å². The topological polar surface area (TPSA) is 87.4 Å². The summed E-state index contributed by atoms with van der Waals surface area (Å²) in [5.74, 6) is 1.50. The highest BCUT2D eigenvalue weighted by Gasteiger charge is 2.08. The van der Waals surface area contributed by atoms with Crippen molar-refractivity contribution in [3.05, 3.63) is 36.2 Å². The summed E-state index contributed by atoms with van der Waals surface area (Å²) in [6.45, 7) is 4.45. The quantitative estimate of drug-likeness (QED) is 0.765. The molecule has 3 N–H and O–H groups in total. The van der Waals surface area contributed by atoms with Gasteiger partial charge < -0.3 is 20.2 Å². The van der Waals surface area contributed by atoms with Crippen molar-refractivity contribution in [3.8, 4) is 11.5 Å². The lowest BCUT2D eigenvalue weighted by atomic mass is 10.1. The third kappa shape index (κ3) is 4.60. The summed E-state index contributed by atoms with van der Waals surface area (Å²) in [6.07, 6.45) is 2.32. The van der Waals surface area contributed by atoms with Gasteiger partial charge in [-0.2, -0.15) is 0 Å². The van der Waals surface area contributed by atoms with Crippen molar-refractivity contribution < 1.29 is 14.3 Å². The maximum atomic E-state index is 11.8. The predicted molar refractivity (Wildman–Crippen MR) is 84.6 cm³/mol. The lowest BCUT2D eigenvalue weighted by Crippen LogP contribution is -2.32. The molecular formula is C16H21N3O3. The van der Waals surface area contributed by atoms with Gasteiger partial charge in [0.1, 0.15) is 5.76 Å². The standard InChI is InChI=1S/C16H21N3O3/c1-11(6-7-20)9-18-16(21)19-14-5-3-4-13(8-14)15-17-10-12(2)22-15/h3-5,8,10-11,20H,6-7,9H2,1-2H3,(H2,18,19,21). The van der Waals surface area contributed by atoms with Crippen LogP contribution in [0.2, 0.25) is 0 Å². The number of amides is 2. The molecule has 2 rings (SSSR count). The number of aliphatic hydroxyl groups excluding tert-OH is 1. The van der Waals surface area contributed by atoms with E-state index in [0.29, 0.717) is 24.5 Å². The first kappa shape index (κ1) is 16.0. The molecule has 6 heteroatoms. The molecular weight excluding hydrogens is 282 g/mol. The van der Waals surface area contributed by atoms with Gasteiger partial charge in [-0.1, -0.05) is 13.0 Å². The van der Waals surface area contributed by atoms with E-state index in [1.165, 1.54) is 0 Å². The Hall–Kier alpha value is -2.34. The molecule has 6 nitrogen and oxygen atoms in total. The second-order valence-corrected chi connectivity index (χ2v) is 5.31. The van der Waals surface area contributed by atoms with E-state index in [-0.39, 0.29) is 18.6 Å². The second-order valence-electron chi connectivity index (χ2n) is 5.31. The summed E-state index contributed by atoms with van der Waals surface area (Å²) in [4.78, 5) is 16.0. The molecule has 1 heterocycles. The number of benzene rings is 1. The Morgan fingerprint density at radius 1 is 1.45 bits per heavy atom. The van der Waals surface area contributed by atoms with Crippen LogP contribution in [0.5, 0.6) is 0 Å². The van der Waals surface area contributed by atoms with Crippen LogP contribution in [-0.4, -0.2) is 29.3 Å². The highest BCUT2D eigenvalue weighted by molar-refractivity contribution is 5.89. The molecule has 1 aromatic carbocycles. The number of rotatable bonds is 6. The average molecular weight is 303 g/mol. The normalized spacial score (nSPS) is 12.0. The van der Waals surface area contributed by atoms with Crippen LogP contribution in [0.3, 0.4) is 0 Å². The van der Waals surface area contributed by atoms with Crippen molar-refractivity contribution in [1.29, 1.82) is 0 Å². The van der Waals surface area contributed by atoms with E-state index in [1.54, 1.807) is 12.3 Å². The van der Waals surface area contributed by atoms with Gasteiger partial charge in [0.25, 0.3) is 0 Å². The minimum Gasteiger partial charge on any atom is -0.441 e. The van der Waals surface area contributed by atoms with Crippen LogP contribution in [0, 0.1) is 12.8 Å². The van der Waals surface area contributed by atoms with E-state index >= 15 is 0 Å². The zero-order valence-electron chi connectivity index (χ0n) is 12.8. The number of anilines is 1. The second kappa shape index (κ2) is 7.61. The summed E-state index contributed by atoms with van der Waals surface area (Å²) in [5.41, 5.74) is 1.47. The summed E-state index contributed by atoms with van der Waals surface area (Å²) >= 11 is 0. The molecule has 0 aliphatic heterocycles. The van der Waals surface area contributed by atoms with Gasteiger partial charge in [-0.3, -0.25) is 0 Å². The Kier molecular flexibility index (Phi) is 5.55. The molecule has 0 saturated heterocycles. The average Bonchev–Trinajstić information content (AvgIpc) is 2.92. The van der Waals surface area contributed by atoms with Crippen molar-refractivity contribution in [2.45, 2.75) is 20.3 Å². The molecule has 1 atom stereocenters. The van der Waals surface area contributed by atoms with Gasteiger partial charge in [-0.25, -0.2) is 9.78 Å². The minimum atomic E-state index is -0.273. The number of aryl methyl sites for hydroxylation is 1. The number of nitrogens with zero attached hydrogens (tertiary/aromatic N) is 1. The highest BCUT2D eigenvalue weighted by atomic mass is 16.4. The number of carbonyl (C=O) groups excluding carboxylic acids is 1. The summed E-state index contributed by atoms with van der Waals surface area (Å²) in [7, 11) is 0. The fourth-order valence-electron chi connectivity index (χ4n) is 1.98. The fraction of sp³-hybridized carbons (Fsp3) is 0.375. The van der Waals surface area contributed by atoms with Crippen LogP contribution in [0.1, 0.15) is 19.1 Å².